The zero-order valence-electron chi connectivity index (χ0n) is 18.2. The van der Waals surface area contributed by atoms with Crippen LogP contribution < -0.4 is 0 Å². The minimum atomic E-state index is -0.720. The lowest BCUT2D eigenvalue weighted by Gasteiger charge is -2.30. The number of hydrogen-bond acceptors (Lipinski definition) is 4. The van der Waals surface area contributed by atoms with E-state index in [-0.39, 0.29) is 10.6 Å². The van der Waals surface area contributed by atoms with Gasteiger partial charge in [-0.15, -0.1) is 0 Å². The molecule has 4 rings (SSSR count). The number of imide groups is 1. The van der Waals surface area contributed by atoms with E-state index in [1.165, 1.54) is 18.2 Å². The van der Waals surface area contributed by atoms with Gasteiger partial charge in [-0.1, -0.05) is 47.5 Å². The van der Waals surface area contributed by atoms with Crippen LogP contribution >= 0.6 is 23.2 Å². The molecule has 2 aromatic rings. The molecular weight excluding hydrogens is 463 g/mol. The van der Waals surface area contributed by atoms with Crippen molar-refractivity contribution in [3.05, 3.63) is 80.8 Å². The molecule has 8 heteroatoms. The van der Waals surface area contributed by atoms with Crippen LogP contribution in [0.3, 0.4) is 0 Å². The van der Waals surface area contributed by atoms with Crippen LogP contribution in [0.15, 0.2) is 48.6 Å². The van der Waals surface area contributed by atoms with Gasteiger partial charge in [0.25, 0.3) is 17.7 Å². The molecule has 3 amide bonds. The van der Waals surface area contributed by atoms with Gasteiger partial charge < -0.3 is 0 Å². The molecule has 1 fully saturated rings. The van der Waals surface area contributed by atoms with E-state index < -0.39 is 41.9 Å². The number of hydrogen-bond donors (Lipinski definition) is 0. The standard InChI is InChI=1S/C25H22Cl2N2O4/c1-14-7-8-16(11-15(14)2)22(30)13-28(23(31)20-10-9-17(26)12-21(20)27)29-24(32)18-5-3-4-6-19(18)25(29)33/h3-4,7-12,18-19H,5-6,13H2,1-2H3/t18-,19-/m0/s1. The first-order chi connectivity index (χ1) is 15.7. The summed E-state index contributed by atoms with van der Waals surface area (Å²) in [5.41, 5.74) is 2.37. The summed E-state index contributed by atoms with van der Waals surface area (Å²) in [5, 5.41) is 2.17. The quantitative estimate of drug-likeness (QED) is 0.347. The van der Waals surface area contributed by atoms with Gasteiger partial charge in [-0.2, -0.15) is 5.01 Å². The summed E-state index contributed by atoms with van der Waals surface area (Å²) in [7, 11) is 0. The van der Waals surface area contributed by atoms with Crippen LogP contribution in [-0.2, 0) is 9.59 Å². The molecule has 0 unspecified atom stereocenters. The third-order valence-corrected chi connectivity index (χ3v) is 6.79. The molecule has 1 aliphatic heterocycles. The molecular formula is C25H22Cl2N2O4. The fraction of sp³-hybridized carbons (Fsp3) is 0.280. The summed E-state index contributed by atoms with van der Waals surface area (Å²) in [6.45, 7) is 3.33. The average molecular weight is 485 g/mol. The molecule has 0 aromatic heterocycles. The SMILES string of the molecule is Cc1ccc(C(=O)CN(C(=O)c2ccc(Cl)cc2Cl)N2C(=O)[C@H]3CC=CC[C@@H]3C2=O)cc1C. The van der Waals surface area contributed by atoms with E-state index in [0.717, 1.165) is 21.1 Å². The number of carbonyl (C=O) groups is 4. The molecule has 2 aliphatic rings. The summed E-state index contributed by atoms with van der Waals surface area (Å²) in [4.78, 5) is 53.1. The van der Waals surface area contributed by atoms with Crippen molar-refractivity contribution in [1.29, 1.82) is 0 Å². The molecule has 6 nitrogen and oxygen atoms in total. The van der Waals surface area contributed by atoms with Crippen LogP contribution in [0, 0.1) is 25.7 Å². The largest absolute Gasteiger partial charge is 0.292 e. The molecule has 0 spiro atoms. The number of amides is 3. The Hall–Kier alpha value is -2.96. The van der Waals surface area contributed by atoms with E-state index in [2.05, 4.69) is 0 Å². The van der Waals surface area contributed by atoms with E-state index in [1.54, 1.807) is 12.1 Å². The Kier molecular flexibility index (Phi) is 6.41. The first kappa shape index (κ1) is 23.2. The highest BCUT2D eigenvalue weighted by atomic mass is 35.5. The van der Waals surface area contributed by atoms with Gasteiger partial charge in [0.15, 0.2) is 5.78 Å². The van der Waals surface area contributed by atoms with Crippen molar-refractivity contribution in [2.75, 3.05) is 6.54 Å². The number of carbonyl (C=O) groups excluding carboxylic acids is 4. The minimum absolute atomic E-state index is 0.0440. The van der Waals surface area contributed by atoms with E-state index in [4.69, 9.17) is 23.2 Å². The van der Waals surface area contributed by atoms with Gasteiger partial charge >= 0.3 is 0 Å². The summed E-state index contributed by atoms with van der Waals surface area (Å²) in [6, 6.07) is 9.52. The molecule has 33 heavy (non-hydrogen) atoms. The molecule has 1 aliphatic carbocycles. The number of hydrazine groups is 1. The Morgan fingerprint density at radius 3 is 2.15 bits per heavy atom. The molecule has 2 atom stereocenters. The predicted octanol–water partition coefficient (Wildman–Crippen LogP) is 4.80. The third kappa shape index (κ3) is 4.33. The van der Waals surface area contributed by atoms with Crippen molar-refractivity contribution in [2.24, 2.45) is 11.8 Å². The minimum Gasteiger partial charge on any atom is -0.292 e. The van der Waals surface area contributed by atoms with E-state index >= 15 is 0 Å². The second-order valence-electron chi connectivity index (χ2n) is 8.35. The van der Waals surface area contributed by atoms with Crippen molar-refractivity contribution < 1.29 is 19.2 Å². The van der Waals surface area contributed by atoms with Gasteiger partial charge in [0.1, 0.15) is 6.54 Å². The topological polar surface area (TPSA) is 74.8 Å². The smallest absolute Gasteiger partial charge is 0.274 e. The summed E-state index contributed by atoms with van der Waals surface area (Å²) < 4.78 is 0. The van der Waals surface area contributed by atoms with Crippen molar-refractivity contribution >= 4 is 46.7 Å². The molecule has 0 radical (unpaired) electrons. The number of allylic oxidation sites excluding steroid dienone is 2. The zero-order valence-corrected chi connectivity index (χ0v) is 19.7. The van der Waals surface area contributed by atoms with Crippen LogP contribution in [0.25, 0.3) is 0 Å². The molecule has 2 aromatic carbocycles. The lowest BCUT2D eigenvalue weighted by Crippen LogP contribution is -2.52. The van der Waals surface area contributed by atoms with Crippen LogP contribution in [0.1, 0.15) is 44.7 Å². The molecule has 0 bridgehead atoms. The number of fused-ring (bicyclic) bond motifs is 1. The average Bonchev–Trinajstić information content (AvgIpc) is 3.04. The van der Waals surface area contributed by atoms with E-state index in [0.29, 0.717) is 23.4 Å². The van der Waals surface area contributed by atoms with E-state index in [9.17, 15) is 19.2 Å². The van der Waals surface area contributed by atoms with Crippen molar-refractivity contribution in [1.82, 2.24) is 10.0 Å². The number of aryl methyl sites for hydroxylation is 2. The Bertz CT molecular complexity index is 1180. The van der Waals surface area contributed by atoms with Gasteiger partial charge in [-0.05, 0) is 62.1 Å². The number of halogens is 2. The van der Waals surface area contributed by atoms with Crippen LogP contribution in [0.5, 0.6) is 0 Å². The molecule has 0 saturated carbocycles. The van der Waals surface area contributed by atoms with Gasteiger partial charge in [0.2, 0.25) is 0 Å². The van der Waals surface area contributed by atoms with Gasteiger partial charge in [-0.3, -0.25) is 19.2 Å². The Morgan fingerprint density at radius 1 is 0.939 bits per heavy atom. The summed E-state index contributed by atoms with van der Waals surface area (Å²) >= 11 is 12.2. The maximum Gasteiger partial charge on any atom is 0.274 e. The number of nitrogens with zero attached hydrogens (tertiary/aromatic N) is 2. The highest BCUT2D eigenvalue weighted by Crippen LogP contribution is 2.36. The van der Waals surface area contributed by atoms with Crippen LogP contribution in [0.4, 0.5) is 0 Å². The Balaban J connectivity index is 1.72. The maximum atomic E-state index is 13.5. The molecule has 170 valence electrons. The second-order valence-corrected chi connectivity index (χ2v) is 9.20. The first-order valence-electron chi connectivity index (χ1n) is 10.6. The van der Waals surface area contributed by atoms with Gasteiger partial charge in [0, 0.05) is 10.6 Å². The van der Waals surface area contributed by atoms with E-state index in [1.807, 2.05) is 32.1 Å². The lowest BCUT2D eigenvalue weighted by molar-refractivity contribution is -0.154. The summed E-state index contributed by atoms with van der Waals surface area (Å²) in [5.74, 6) is -3.18. The van der Waals surface area contributed by atoms with Gasteiger partial charge in [-0.25, -0.2) is 5.01 Å². The molecule has 0 N–H and O–H groups in total. The fourth-order valence-corrected chi connectivity index (χ4v) is 4.69. The number of benzene rings is 2. The number of ketones is 1. The number of Topliss-reactive ketones (excluding diaryl/α,β-unsaturated/α-hetero) is 1. The summed E-state index contributed by atoms with van der Waals surface area (Å²) in [6.07, 6.45) is 4.55. The number of rotatable bonds is 5. The Labute approximate surface area is 201 Å². The normalized spacial score (nSPS) is 19.6. The monoisotopic (exact) mass is 484 g/mol. The maximum absolute atomic E-state index is 13.5. The van der Waals surface area contributed by atoms with Gasteiger partial charge in [0.05, 0.1) is 22.4 Å². The first-order valence-corrected chi connectivity index (χ1v) is 11.3. The second kappa shape index (κ2) is 9.12. The van der Waals surface area contributed by atoms with Crippen molar-refractivity contribution in [2.45, 2.75) is 26.7 Å². The third-order valence-electron chi connectivity index (χ3n) is 6.24. The van der Waals surface area contributed by atoms with Crippen molar-refractivity contribution in [3.8, 4) is 0 Å². The molecule has 1 heterocycles. The van der Waals surface area contributed by atoms with Crippen LogP contribution in [-0.4, -0.2) is 40.1 Å². The zero-order chi connectivity index (χ0) is 23.9. The highest BCUT2D eigenvalue weighted by molar-refractivity contribution is 6.36. The highest BCUT2D eigenvalue weighted by Gasteiger charge is 2.51. The predicted molar refractivity (Wildman–Crippen MR) is 125 cm³/mol. The Morgan fingerprint density at radius 2 is 1.58 bits per heavy atom. The van der Waals surface area contributed by atoms with Crippen molar-refractivity contribution in [3.63, 3.8) is 0 Å². The van der Waals surface area contributed by atoms with Crippen LogP contribution in [0.2, 0.25) is 10.0 Å². The lowest BCUT2D eigenvalue weighted by atomic mass is 9.85. The fourth-order valence-electron chi connectivity index (χ4n) is 4.20. The molecule has 1 saturated heterocycles.